The summed E-state index contributed by atoms with van der Waals surface area (Å²) in [6.45, 7) is 1.92. The van der Waals surface area contributed by atoms with E-state index in [-0.39, 0.29) is 11.5 Å². The van der Waals surface area contributed by atoms with Crippen LogP contribution in [-0.4, -0.2) is 25.1 Å². The summed E-state index contributed by atoms with van der Waals surface area (Å²) in [5.41, 5.74) is 1.74. The van der Waals surface area contributed by atoms with Crippen molar-refractivity contribution in [3.05, 3.63) is 53.7 Å². The number of aliphatic hydroxyl groups is 1. The highest BCUT2D eigenvalue weighted by atomic mass is 32.2. The molecule has 0 aliphatic rings. The van der Waals surface area contributed by atoms with Crippen molar-refractivity contribution in [3.63, 3.8) is 0 Å². The molecule has 0 spiro atoms. The second kappa shape index (κ2) is 6.69. The fourth-order valence-electron chi connectivity index (χ4n) is 1.91. The van der Waals surface area contributed by atoms with Crippen molar-refractivity contribution < 1.29 is 13.5 Å². The number of rotatable bonds is 6. The van der Waals surface area contributed by atoms with Crippen molar-refractivity contribution in [2.45, 2.75) is 24.7 Å². The number of anilines is 1. The largest absolute Gasteiger partial charge is 0.396 e. The molecule has 0 aliphatic carbocycles. The van der Waals surface area contributed by atoms with Gasteiger partial charge in [0.25, 0.3) is 10.0 Å². The van der Waals surface area contributed by atoms with E-state index in [9.17, 15) is 8.42 Å². The molecule has 0 saturated carbocycles. The molecule has 2 N–H and O–H groups in total. The fourth-order valence-corrected chi connectivity index (χ4v) is 2.92. The zero-order valence-electron chi connectivity index (χ0n) is 11.8. The van der Waals surface area contributed by atoms with Crippen LogP contribution in [0.3, 0.4) is 0 Å². The Balaban J connectivity index is 2.15. The molecule has 1 aromatic carbocycles. The Morgan fingerprint density at radius 2 is 1.86 bits per heavy atom. The Labute approximate surface area is 124 Å². The summed E-state index contributed by atoms with van der Waals surface area (Å²) in [7, 11) is -3.63. The molecule has 0 saturated heterocycles. The highest BCUT2D eigenvalue weighted by molar-refractivity contribution is 7.92. The maximum absolute atomic E-state index is 12.2. The van der Waals surface area contributed by atoms with E-state index < -0.39 is 10.0 Å². The number of sulfonamides is 1. The van der Waals surface area contributed by atoms with Gasteiger partial charge in [-0.15, -0.1) is 0 Å². The summed E-state index contributed by atoms with van der Waals surface area (Å²) in [5.74, 6) is 0.305. The Bertz CT molecular complexity index is 697. The van der Waals surface area contributed by atoms with Crippen LogP contribution in [-0.2, 0) is 16.4 Å². The van der Waals surface area contributed by atoms with Gasteiger partial charge in [-0.1, -0.05) is 18.2 Å². The number of hydrogen-bond donors (Lipinski definition) is 2. The first-order valence-electron chi connectivity index (χ1n) is 6.67. The lowest BCUT2D eigenvalue weighted by Gasteiger charge is -2.08. The zero-order valence-corrected chi connectivity index (χ0v) is 12.6. The third kappa shape index (κ3) is 4.27. The molecule has 2 rings (SSSR count). The summed E-state index contributed by atoms with van der Waals surface area (Å²) in [5, 5.41) is 8.79. The lowest BCUT2D eigenvalue weighted by Crippen LogP contribution is -2.14. The maximum atomic E-state index is 12.2. The Kier molecular flexibility index (Phi) is 4.93. The lowest BCUT2D eigenvalue weighted by molar-refractivity contribution is 0.288. The van der Waals surface area contributed by atoms with E-state index in [0.29, 0.717) is 12.2 Å². The second-order valence-electron chi connectivity index (χ2n) is 4.74. The Hall–Kier alpha value is -1.92. The van der Waals surface area contributed by atoms with Crippen LogP contribution < -0.4 is 4.72 Å². The molecule has 0 aliphatic heterocycles. The number of benzene rings is 1. The van der Waals surface area contributed by atoms with Crippen LogP contribution in [0, 0.1) is 6.92 Å². The van der Waals surface area contributed by atoms with Gasteiger partial charge >= 0.3 is 0 Å². The van der Waals surface area contributed by atoms with Crippen molar-refractivity contribution in [1.82, 2.24) is 4.98 Å². The predicted octanol–water partition coefficient (Wildman–Crippen LogP) is 2.12. The van der Waals surface area contributed by atoms with Gasteiger partial charge in [-0.2, -0.15) is 0 Å². The van der Waals surface area contributed by atoms with Crippen molar-refractivity contribution in [3.8, 4) is 0 Å². The Morgan fingerprint density at radius 1 is 1.14 bits per heavy atom. The van der Waals surface area contributed by atoms with Crippen molar-refractivity contribution in [2.75, 3.05) is 11.3 Å². The van der Waals surface area contributed by atoms with Gasteiger partial charge in [-0.05, 0) is 49.6 Å². The molecule has 1 aromatic heterocycles. The average Bonchev–Trinajstić information content (AvgIpc) is 2.45. The van der Waals surface area contributed by atoms with Gasteiger partial charge in [0, 0.05) is 12.3 Å². The standard InChI is InChI=1S/C15H18N2O3S/c1-12-4-2-6-15(16-12)17-21(19,20)14-9-7-13(8-10-14)5-3-11-18/h2,4,6-10,18H,3,5,11H2,1H3,(H,16,17). The SMILES string of the molecule is Cc1cccc(NS(=O)(=O)c2ccc(CCCO)cc2)n1. The Morgan fingerprint density at radius 3 is 2.48 bits per heavy atom. The average molecular weight is 306 g/mol. The van der Waals surface area contributed by atoms with Gasteiger partial charge in [-0.3, -0.25) is 4.72 Å². The number of aromatic nitrogens is 1. The molecular weight excluding hydrogens is 288 g/mol. The number of aliphatic hydroxyl groups excluding tert-OH is 1. The molecule has 6 heteroatoms. The van der Waals surface area contributed by atoms with Crippen molar-refractivity contribution >= 4 is 15.8 Å². The van der Waals surface area contributed by atoms with Crippen LogP contribution in [0.5, 0.6) is 0 Å². The summed E-state index contributed by atoms with van der Waals surface area (Å²) < 4.78 is 27.0. The number of nitrogens with zero attached hydrogens (tertiary/aromatic N) is 1. The highest BCUT2D eigenvalue weighted by Crippen LogP contribution is 2.16. The molecule has 0 atom stereocenters. The van der Waals surface area contributed by atoms with Crippen molar-refractivity contribution in [2.24, 2.45) is 0 Å². The number of hydrogen-bond acceptors (Lipinski definition) is 4. The van der Waals surface area contributed by atoms with E-state index in [0.717, 1.165) is 17.7 Å². The molecule has 2 aromatic rings. The molecule has 0 unspecified atom stereocenters. The van der Waals surface area contributed by atoms with E-state index in [1.807, 2.05) is 0 Å². The third-order valence-electron chi connectivity index (χ3n) is 2.98. The minimum absolute atomic E-state index is 0.126. The number of pyridine rings is 1. The first-order valence-corrected chi connectivity index (χ1v) is 8.16. The summed E-state index contributed by atoms with van der Waals surface area (Å²) in [6.07, 6.45) is 1.39. The van der Waals surface area contributed by atoms with Gasteiger partial charge in [0.2, 0.25) is 0 Å². The molecule has 1 heterocycles. The van der Waals surface area contributed by atoms with E-state index in [2.05, 4.69) is 9.71 Å². The van der Waals surface area contributed by atoms with Gasteiger partial charge in [0.05, 0.1) is 4.90 Å². The molecule has 112 valence electrons. The molecule has 0 fully saturated rings. The van der Waals surface area contributed by atoms with Gasteiger partial charge < -0.3 is 5.11 Å². The fraction of sp³-hybridized carbons (Fsp3) is 0.267. The minimum atomic E-state index is -3.63. The van der Waals surface area contributed by atoms with Gasteiger partial charge in [0.15, 0.2) is 0 Å². The zero-order chi connectivity index (χ0) is 15.3. The number of nitrogens with one attached hydrogen (secondary N) is 1. The number of aryl methyl sites for hydroxylation is 2. The van der Waals surface area contributed by atoms with E-state index in [1.165, 1.54) is 0 Å². The van der Waals surface area contributed by atoms with Crippen LogP contribution >= 0.6 is 0 Å². The predicted molar refractivity (Wildman–Crippen MR) is 81.6 cm³/mol. The van der Waals surface area contributed by atoms with Crippen LogP contribution in [0.1, 0.15) is 17.7 Å². The highest BCUT2D eigenvalue weighted by Gasteiger charge is 2.14. The monoisotopic (exact) mass is 306 g/mol. The quantitative estimate of drug-likeness (QED) is 0.856. The van der Waals surface area contributed by atoms with E-state index in [1.54, 1.807) is 49.4 Å². The molecule has 0 amide bonds. The molecule has 0 bridgehead atoms. The second-order valence-corrected chi connectivity index (χ2v) is 6.42. The van der Waals surface area contributed by atoms with Crippen LogP contribution in [0.25, 0.3) is 0 Å². The van der Waals surface area contributed by atoms with E-state index in [4.69, 9.17) is 5.11 Å². The topological polar surface area (TPSA) is 79.3 Å². The van der Waals surface area contributed by atoms with Gasteiger partial charge in [-0.25, -0.2) is 13.4 Å². The lowest BCUT2D eigenvalue weighted by atomic mass is 10.1. The summed E-state index contributed by atoms with van der Waals surface area (Å²) >= 11 is 0. The maximum Gasteiger partial charge on any atom is 0.263 e. The van der Waals surface area contributed by atoms with Crippen molar-refractivity contribution in [1.29, 1.82) is 0 Å². The van der Waals surface area contributed by atoms with Gasteiger partial charge in [0.1, 0.15) is 5.82 Å². The molecule has 0 radical (unpaired) electrons. The molecule has 21 heavy (non-hydrogen) atoms. The first kappa shape index (κ1) is 15.5. The third-order valence-corrected chi connectivity index (χ3v) is 4.36. The first-order chi connectivity index (χ1) is 10.0. The smallest absolute Gasteiger partial charge is 0.263 e. The minimum Gasteiger partial charge on any atom is -0.396 e. The van der Waals surface area contributed by atoms with Crippen LogP contribution in [0.2, 0.25) is 0 Å². The summed E-state index contributed by atoms with van der Waals surface area (Å²) in [6, 6.07) is 11.8. The normalized spacial score (nSPS) is 11.3. The molecule has 5 nitrogen and oxygen atoms in total. The molecular formula is C15H18N2O3S. The summed E-state index contributed by atoms with van der Waals surface area (Å²) in [4.78, 5) is 4.32. The van der Waals surface area contributed by atoms with Crippen LogP contribution in [0.15, 0.2) is 47.4 Å². The van der Waals surface area contributed by atoms with Crippen LogP contribution in [0.4, 0.5) is 5.82 Å². The van der Waals surface area contributed by atoms with E-state index >= 15 is 0 Å².